The summed E-state index contributed by atoms with van der Waals surface area (Å²) in [5.74, 6) is -0.156. The Morgan fingerprint density at radius 1 is 1.63 bits per heavy atom. The lowest BCUT2D eigenvalue weighted by molar-refractivity contribution is 0.0887. The van der Waals surface area contributed by atoms with Gasteiger partial charge in [-0.3, -0.25) is 4.79 Å². The van der Waals surface area contributed by atoms with Crippen LogP contribution in [0, 0.1) is 0 Å². The number of nitrogens with zero attached hydrogens (tertiary/aromatic N) is 1. The molecule has 1 saturated heterocycles. The van der Waals surface area contributed by atoms with Crippen LogP contribution in [0.15, 0.2) is 22.8 Å². The molecule has 1 aromatic rings. The predicted octanol–water partition coefficient (Wildman–Crippen LogP) is 1.34. The Kier molecular flexibility index (Phi) is 4.90. The Bertz CT molecular complexity index is 430. The van der Waals surface area contributed by atoms with Gasteiger partial charge in [0, 0.05) is 24.3 Å². The number of amides is 1. The number of hydrogen-bond donors (Lipinski definition) is 2. The highest BCUT2D eigenvalue weighted by Crippen LogP contribution is 2.19. The van der Waals surface area contributed by atoms with Crippen LogP contribution in [0.1, 0.15) is 23.3 Å². The number of hydrogen-bond acceptors (Lipinski definition) is 4. The monoisotopic (exact) mass is 327 g/mol. The van der Waals surface area contributed by atoms with Crippen molar-refractivity contribution in [2.24, 2.45) is 0 Å². The molecule has 1 amide bonds. The normalized spacial score (nSPS) is 22.4. The molecule has 104 valence electrons. The Balaban J connectivity index is 1.93. The minimum Gasteiger partial charge on any atom is -0.383 e. The SMILES string of the molecule is COCC1(CNC(=O)c2ccc(Br)cn2)CCCN1. The lowest BCUT2D eigenvalue weighted by atomic mass is 9.98. The fourth-order valence-electron chi connectivity index (χ4n) is 2.32. The molecular weight excluding hydrogens is 310 g/mol. The lowest BCUT2D eigenvalue weighted by Crippen LogP contribution is -2.53. The molecule has 2 N–H and O–H groups in total. The first kappa shape index (κ1) is 14.4. The number of pyridine rings is 1. The molecule has 19 heavy (non-hydrogen) atoms. The van der Waals surface area contributed by atoms with E-state index in [4.69, 9.17) is 4.74 Å². The van der Waals surface area contributed by atoms with E-state index in [1.807, 2.05) is 0 Å². The summed E-state index contributed by atoms with van der Waals surface area (Å²) in [5.41, 5.74) is 0.286. The molecule has 0 aromatic carbocycles. The van der Waals surface area contributed by atoms with Crippen molar-refractivity contribution < 1.29 is 9.53 Å². The Morgan fingerprint density at radius 3 is 3.05 bits per heavy atom. The Morgan fingerprint density at radius 2 is 2.47 bits per heavy atom. The van der Waals surface area contributed by atoms with E-state index in [0.29, 0.717) is 18.8 Å². The third kappa shape index (κ3) is 3.75. The van der Waals surface area contributed by atoms with Gasteiger partial charge in [-0.1, -0.05) is 0 Å². The molecular formula is C13H18BrN3O2. The van der Waals surface area contributed by atoms with Crippen LogP contribution in [-0.4, -0.2) is 43.2 Å². The predicted molar refractivity (Wildman–Crippen MR) is 76.1 cm³/mol. The Labute approximate surface area is 121 Å². The maximum atomic E-state index is 12.0. The number of carbonyl (C=O) groups excluding carboxylic acids is 1. The largest absolute Gasteiger partial charge is 0.383 e. The minimum atomic E-state index is -0.156. The second-order valence-corrected chi connectivity index (χ2v) is 5.70. The average Bonchev–Trinajstić information content (AvgIpc) is 2.86. The van der Waals surface area contributed by atoms with Gasteiger partial charge in [0.05, 0.1) is 12.1 Å². The first-order valence-corrected chi connectivity index (χ1v) is 7.08. The van der Waals surface area contributed by atoms with Crippen molar-refractivity contribution in [3.63, 3.8) is 0 Å². The van der Waals surface area contributed by atoms with Crippen molar-refractivity contribution >= 4 is 21.8 Å². The van der Waals surface area contributed by atoms with E-state index in [-0.39, 0.29) is 11.4 Å². The van der Waals surface area contributed by atoms with Crippen LogP contribution in [0.5, 0.6) is 0 Å². The fraction of sp³-hybridized carbons (Fsp3) is 0.538. The van der Waals surface area contributed by atoms with Crippen LogP contribution < -0.4 is 10.6 Å². The van der Waals surface area contributed by atoms with Crippen LogP contribution >= 0.6 is 15.9 Å². The molecule has 0 saturated carbocycles. The summed E-state index contributed by atoms with van der Waals surface area (Å²) in [4.78, 5) is 16.1. The van der Waals surface area contributed by atoms with Gasteiger partial charge < -0.3 is 15.4 Å². The second kappa shape index (κ2) is 6.45. The summed E-state index contributed by atoms with van der Waals surface area (Å²) in [6.07, 6.45) is 3.73. The van der Waals surface area contributed by atoms with Gasteiger partial charge in [0.2, 0.25) is 0 Å². The molecule has 1 aromatic heterocycles. The van der Waals surface area contributed by atoms with Gasteiger partial charge >= 0.3 is 0 Å². The molecule has 1 fully saturated rings. The molecule has 0 bridgehead atoms. The van der Waals surface area contributed by atoms with E-state index in [2.05, 4.69) is 31.5 Å². The van der Waals surface area contributed by atoms with Gasteiger partial charge in [0.1, 0.15) is 5.69 Å². The minimum absolute atomic E-state index is 0.139. The molecule has 1 aliphatic rings. The zero-order valence-corrected chi connectivity index (χ0v) is 12.5. The molecule has 6 heteroatoms. The summed E-state index contributed by atoms with van der Waals surface area (Å²) in [6, 6.07) is 3.51. The number of nitrogens with one attached hydrogen (secondary N) is 2. The number of methoxy groups -OCH3 is 1. The smallest absolute Gasteiger partial charge is 0.269 e. The molecule has 5 nitrogen and oxygen atoms in total. The number of aromatic nitrogens is 1. The maximum Gasteiger partial charge on any atom is 0.269 e. The van der Waals surface area contributed by atoms with Crippen LogP contribution in [0.25, 0.3) is 0 Å². The standard InChI is InChI=1S/C13H18BrN3O2/c1-19-9-13(5-2-6-17-13)8-16-12(18)11-4-3-10(14)7-15-11/h3-4,7,17H,2,5-6,8-9H2,1H3,(H,16,18). The van der Waals surface area contributed by atoms with Crippen molar-refractivity contribution in [3.8, 4) is 0 Å². The van der Waals surface area contributed by atoms with Gasteiger partial charge in [-0.05, 0) is 47.4 Å². The van der Waals surface area contributed by atoms with Crippen molar-refractivity contribution in [2.45, 2.75) is 18.4 Å². The van der Waals surface area contributed by atoms with Crippen LogP contribution in [0.2, 0.25) is 0 Å². The number of halogens is 1. The zero-order chi connectivity index (χ0) is 13.7. The lowest BCUT2D eigenvalue weighted by Gasteiger charge is -2.28. The average molecular weight is 328 g/mol. The third-order valence-electron chi connectivity index (χ3n) is 3.30. The Hall–Kier alpha value is -0.980. The quantitative estimate of drug-likeness (QED) is 0.856. The maximum absolute atomic E-state index is 12.0. The zero-order valence-electron chi connectivity index (χ0n) is 10.9. The number of carbonyl (C=O) groups is 1. The van der Waals surface area contributed by atoms with Crippen LogP contribution in [0.4, 0.5) is 0 Å². The number of rotatable bonds is 5. The first-order chi connectivity index (χ1) is 9.15. The summed E-state index contributed by atoms with van der Waals surface area (Å²) in [6.45, 7) is 2.12. The van der Waals surface area contributed by atoms with E-state index in [0.717, 1.165) is 23.9 Å². The van der Waals surface area contributed by atoms with E-state index in [1.54, 1.807) is 25.4 Å². The molecule has 0 aliphatic carbocycles. The highest BCUT2D eigenvalue weighted by molar-refractivity contribution is 9.10. The van der Waals surface area contributed by atoms with Crippen LogP contribution in [0.3, 0.4) is 0 Å². The summed E-state index contributed by atoms with van der Waals surface area (Å²) in [7, 11) is 1.68. The molecule has 2 heterocycles. The molecule has 2 rings (SSSR count). The van der Waals surface area contributed by atoms with Crippen LogP contribution in [-0.2, 0) is 4.74 Å². The molecule has 0 radical (unpaired) electrons. The summed E-state index contributed by atoms with van der Waals surface area (Å²) < 4.78 is 6.11. The van der Waals surface area contributed by atoms with E-state index in [1.165, 1.54) is 0 Å². The first-order valence-electron chi connectivity index (χ1n) is 6.29. The van der Waals surface area contributed by atoms with E-state index in [9.17, 15) is 4.79 Å². The molecule has 0 spiro atoms. The number of ether oxygens (including phenoxy) is 1. The van der Waals surface area contributed by atoms with Crippen molar-refractivity contribution in [1.82, 2.24) is 15.6 Å². The van der Waals surface area contributed by atoms with Gasteiger partial charge in [-0.25, -0.2) is 4.98 Å². The van der Waals surface area contributed by atoms with E-state index < -0.39 is 0 Å². The van der Waals surface area contributed by atoms with Crippen molar-refractivity contribution in [3.05, 3.63) is 28.5 Å². The van der Waals surface area contributed by atoms with Crippen molar-refractivity contribution in [1.29, 1.82) is 0 Å². The van der Waals surface area contributed by atoms with E-state index >= 15 is 0 Å². The summed E-state index contributed by atoms with van der Waals surface area (Å²) in [5, 5.41) is 6.35. The molecule has 1 unspecified atom stereocenters. The van der Waals surface area contributed by atoms with Crippen molar-refractivity contribution in [2.75, 3.05) is 26.8 Å². The summed E-state index contributed by atoms with van der Waals surface area (Å²) >= 11 is 3.30. The third-order valence-corrected chi connectivity index (χ3v) is 3.77. The van der Waals surface area contributed by atoms with Gasteiger partial charge in [-0.2, -0.15) is 0 Å². The molecule has 1 atom stereocenters. The fourth-order valence-corrected chi connectivity index (χ4v) is 2.55. The van der Waals surface area contributed by atoms with Gasteiger partial charge in [0.25, 0.3) is 5.91 Å². The molecule has 1 aliphatic heterocycles. The highest BCUT2D eigenvalue weighted by atomic mass is 79.9. The van der Waals surface area contributed by atoms with Gasteiger partial charge in [0.15, 0.2) is 0 Å². The van der Waals surface area contributed by atoms with Gasteiger partial charge in [-0.15, -0.1) is 0 Å². The highest BCUT2D eigenvalue weighted by Gasteiger charge is 2.33. The second-order valence-electron chi connectivity index (χ2n) is 4.79. The topological polar surface area (TPSA) is 63.2 Å².